The van der Waals surface area contributed by atoms with Crippen LogP contribution in [0.25, 0.3) is 6.08 Å². The Balaban J connectivity index is 2.09. The Bertz CT molecular complexity index is 651. The van der Waals surface area contributed by atoms with Gasteiger partial charge < -0.3 is 10.4 Å². The van der Waals surface area contributed by atoms with E-state index in [0.717, 1.165) is 5.56 Å². The van der Waals surface area contributed by atoms with Crippen LogP contribution in [0.4, 0.5) is 5.69 Å². The fourth-order valence-electron chi connectivity index (χ4n) is 1.60. The number of benzene rings is 1. The smallest absolute Gasteiger partial charge is 0.337 e. The summed E-state index contributed by atoms with van der Waals surface area (Å²) in [5, 5.41) is 11.5. The Kier molecular flexibility index (Phi) is 4.24. The number of carboxylic acid groups (broad SMARTS) is 1. The number of para-hydroxylation sites is 1. The van der Waals surface area contributed by atoms with E-state index in [9.17, 15) is 9.59 Å². The topological polar surface area (TPSA) is 79.3 Å². The predicted molar refractivity (Wildman–Crippen MR) is 75.3 cm³/mol. The molecule has 0 saturated heterocycles. The van der Waals surface area contributed by atoms with Gasteiger partial charge in [0.15, 0.2) is 0 Å². The van der Waals surface area contributed by atoms with Crippen LogP contribution in [0.15, 0.2) is 54.9 Å². The lowest BCUT2D eigenvalue weighted by molar-refractivity contribution is -0.111. The Hall–Kier alpha value is -2.95. The van der Waals surface area contributed by atoms with Crippen LogP contribution < -0.4 is 5.32 Å². The van der Waals surface area contributed by atoms with E-state index in [1.807, 2.05) is 6.07 Å². The van der Waals surface area contributed by atoms with Gasteiger partial charge in [0.1, 0.15) is 0 Å². The zero-order chi connectivity index (χ0) is 14.4. The number of pyridine rings is 1. The van der Waals surface area contributed by atoms with Gasteiger partial charge in [0.2, 0.25) is 5.91 Å². The van der Waals surface area contributed by atoms with E-state index >= 15 is 0 Å². The van der Waals surface area contributed by atoms with Crippen molar-refractivity contribution >= 4 is 23.6 Å². The van der Waals surface area contributed by atoms with Crippen molar-refractivity contribution in [1.29, 1.82) is 0 Å². The van der Waals surface area contributed by atoms with Crippen molar-refractivity contribution in [3.8, 4) is 0 Å². The molecular weight excluding hydrogens is 256 g/mol. The van der Waals surface area contributed by atoms with E-state index in [2.05, 4.69) is 10.3 Å². The number of carbonyl (C=O) groups is 2. The van der Waals surface area contributed by atoms with Gasteiger partial charge in [-0.2, -0.15) is 0 Å². The second kappa shape index (κ2) is 6.29. The first-order chi connectivity index (χ1) is 9.66. The number of carboxylic acids is 1. The zero-order valence-electron chi connectivity index (χ0n) is 10.5. The van der Waals surface area contributed by atoms with Gasteiger partial charge in [0.25, 0.3) is 0 Å². The summed E-state index contributed by atoms with van der Waals surface area (Å²) in [6.07, 6.45) is 6.19. The number of carbonyl (C=O) groups excluding carboxylic acids is 1. The second-order valence-electron chi connectivity index (χ2n) is 3.96. The maximum atomic E-state index is 11.7. The molecule has 0 radical (unpaired) electrons. The largest absolute Gasteiger partial charge is 0.478 e. The molecule has 5 heteroatoms. The first-order valence-corrected chi connectivity index (χ1v) is 5.88. The summed E-state index contributed by atoms with van der Waals surface area (Å²) in [6, 6.07) is 9.80. The van der Waals surface area contributed by atoms with Gasteiger partial charge in [-0.05, 0) is 29.8 Å². The zero-order valence-corrected chi connectivity index (χ0v) is 10.5. The van der Waals surface area contributed by atoms with Crippen LogP contribution in [-0.4, -0.2) is 22.0 Å². The number of aromatic nitrogens is 1. The molecule has 1 aromatic heterocycles. The van der Waals surface area contributed by atoms with Crippen LogP contribution in [0.3, 0.4) is 0 Å². The first kappa shape index (κ1) is 13.5. The fourth-order valence-corrected chi connectivity index (χ4v) is 1.60. The highest BCUT2D eigenvalue weighted by Crippen LogP contribution is 2.14. The third-order valence-corrected chi connectivity index (χ3v) is 2.53. The van der Waals surface area contributed by atoms with Crippen molar-refractivity contribution in [2.45, 2.75) is 0 Å². The van der Waals surface area contributed by atoms with Gasteiger partial charge in [-0.25, -0.2) is 4.79 Å². The average molecular weight is 268 g/mol. The second-order valence-corrected chi connectivity index (χ2v) is 3.96. The van der Waals surface area contributed by atoms with Gasteiger partial charge in [-0.3, -0.25) is 9.78 Å². The lowest BCUT2D eigenvalue weighted by Gasteiger charge is -2.05. The Morgan fingerprint density at radius 2 is 1.95 bits per heavy atom. The SMILES string of the molecule is O=C(/C=C/c1cccnc1)Nc1ccccc1C(=O)O. The molecule has 0 fully saturated rings. The van der Waals surface area contributed by atoms with Crippen molar-refractivity contribution in [1.82, 2.24) is 4.98 Å². The van der Waals surface area contributed by atoms with Gasteiger partial charge in [0, 0.05) is 18.5 Å². The third-order valence-electron chi connectivity index (χ3n) is 2.53. The summed E-state index contributed by atoms with van der Waals surface area (Å²) in [5.74, 6) is -1.49. The normalized spacial score (nSPS) is 10.4. The highest BCUT2D eigenvalue weighted by molar-refractivity contribution is 6.05. The minimum absolute atomic E-state index is 0.0515. The van der Waals surface area contributed by atoms with E-state index < -0.39 is 11.9 Å². The van der Waals surface area contributed by atoms with Crippen LogP contribution in [0, 0.1) is 0 Å². The Morgan fingerprint density at radius 1 is 1.15 bits per heavy atom. The minimum Gasteiger partial charge on any atom is -0.478 e. The average Bonchev–Trinajstić information content (AvgIpc) is 2.46. The lowest BCUT2D eigenvalue weighted by atomic mass is 10.2. The van der Waals surface area contributed by atoms with E-state index in [-0.39, 0.29) is 11.3 Å². The number of hydrogen-bond acceptors (Lipinski definition) is 3. The maximum absolute atomic E-state index is 11.7. The summed E-state index contributed by atoms with van der Waals surface area (Å²) in [5.41, 5.74) is 1.10. The summed E-state index contributed by atoms with van der Waals surface area (Å²) < 4.78 is 0. The van der Waals surface area contributed by atoms with Gasteiger partial charge in [-0.1, -0.05) is 18.2 Å². The number of anilines is 1. The third kappa shape index (κ3) is 3.52. The molecule has 0 unspecified atom stereocenters. The quantitative estimate of drug-likeness (QED) is 0.835. The van der Waals surface area contributed by atoms with E-state index in [4.69, 9.17) is 5.11 Å². The fraction of sp³-hybridized carbons (Fsp3) is 0. The number of nitrogens with one attached hydrogen (secondary N) is 1. The minimum atomic E-state index is -1.09. The van der Waals surface area contributed by atoms with Crippen molar-refractivity contribution < 1.29 is 14.7 Å². The predicted octanol–water partition coefficient (Wildman–Crippen LogP) is 2.43. The molecule has 100 valence electrons. The molecule has 0 bridgehead atoms. The number of hydrogen-bond donors (Lipinski definition) is 2. The van der Waals surface area contributed by atoms with Gasteiger partial charge >= 0.3 is 5.97 Å². The lowest BCUT2D eigenvalue weighted by Crippen LogP contribution is -2.11. The van der Waals surface area contributed by atoms with Crippen LogP contribution in [-0.2, 0) is 4.79 Å². The molecule has 2 N–H and O–H groups in total. The molecule has 0 aliphatic rings. The molecule has 2 aromatic rings. The molecule has 0 aliphatic carbocycles. The van der Waals surface area contributed by atoms with Gasteiger partial charge in [-0.15, -0.1) is 0 Å². The maximum Gasteiger partial charge on any atom is 0.337 e. The summed E-state index contributed by atoms with van der Waals surface area (Å²) in [7, 11) is 0. The molecule has 0 saturated carbocycles. The molecule has 20 heavy (non-hydrogen) atoms. The van der Waals surface area contributed by atoms with E-state index in [1.54, 1.807) is 42.7 Å². The summed E-state index contributed by atoms with van der Waals surface area (Å²) >= 11 is 0. The highest BCUT2D eigenvalue weighted by Gasteiger charge is 2.09. The number of amides is 1. The van der Waals surface area contributed by atoms with Crippen LogP contribution in [0.5, 0.6) is 0 Å². The number of nitrogens with zero attached hydrogens (tertiary/aromatic N) is 1. The standard InChI is InChI=1S/C15H12N2O3/c18-14(8-7-11-4-3-9-16-10-11)17-13-6-2-1-5-12(13)15(19)20/h1-10H,(H,17,18)(H,19,20)/b8-7+. The summed E-state index contributed by atoms with van der Waals surface area (Å²) in [6.45, 7) is 0. The number of rotatable bonds is 4. The van der Waals surface area contributed by atoms with Crippen molar-refractivity contribution in [3.05, 3.63) is 66.0 Å². The van der Waals surface area contributed by atoms with Crippen LogP contribution in [0.2, 0.25) is 0 Å². The van der Waals surface area contributed by atoms with Crippen molar-refractivity contribution in [3.63, 3.8) is 0 Å². The molecule has 5 nitrogen and oxygen atoms in total. The Labute approximate surface area is 115 Å². The van der Waals surface area contributed by atoms with E-state index in [0.29, 0.717) is 0 Å². The molecule has 0 atom stereocenters. The number of aromatic carboxylic acids is 1. The molecule has 0 aliphatic heterocycles. The highest BCUT2D eigenvalue weighted by atomic mass is 16.4. The monoisotopic (exact) mass is 268 g/mol. The molecule has 2 rings (SSSR count). The van der Waals surface area contributed by atoms with Crippen LogP contribution >= 0.6 is 0 Å². The molecule has 0 spiro atoms. The van der Waals surface area contributed by atoms with Crippen molar-refractivity contribution in [2.24, 2.45) is 0 Å². The Morgan fingerprint density at radius 3 is 2.65 bits per heavy atom. The first-order valence-electron chi connectivity index (χ1n) is 5.88. The van der Waals surface area contributed by atoms with Crippen LogP contribution in [0.1, 0.15) is 15.9 Å². The molecule has 1 heterocycles. The molecule has 1 amide bonds. The summed E-state index contributed by atoms with van der Waals surface area (Å²) in [4.78, 5) is 26.7. The molecule has 1 aromatic carbocycles. The van der Waals surface area contributed by atoms with E-state index in [1.165, 1.54) is 12.1 Å². The van der Waals surface area contributed by atoms with Crippen molar-refractivity contribution in [2.75, 3.05) is 5.32 Å². The molecular formula is C15H12N2O3. The van der Waals surface area contributed by atoms with Gasteiger partial charge in [0.05, 0.1) is 11.3 Å².